The second kappa shape index (κ2) is 4.94. The maximum Gasteiger partial charge on any atom is 0.212 e. The first-order valence-corrected chi connectivity index (χ1v) is 6.21. The molecule has 0 saturated carbocycles. The Bertz CT molecular complexity index is 737. The lowest BCUT2D eigenvalue weighted by atomic mass is 10.1. The van der Waals surface area contributed by atoms with Crippen LogP contribution in [0.2, 0.25) is 0 Å². The third-order valence-electron chi connectivity index (χ3n) is 3.08. The van der Waals surface area contributed by atoms with E-state index in [1.54, 1.807) is 24.3 Å². The molecule has 5 heteroatoms. The Kier molecular flexibility index (Phi) is 3.12. The molecule has 20 heavy (non-hydrogen) atoms. The molecule has 1 unspecified atom stereocenters. The van der Waals surface area contributed by atoms with Gasteiger partial charge in [0.05, 0.1) is 6.04 Å². The molecule has 0 bridgehead atoms. The van der Waals surface area contributed by atoms with Gasteiger partial charge in [-0.3, -0.25) is 0 Å². The van der Waals surface area contributed by atoms with Gasteiger partial charge >= 0.3 is 0 Å². The Hall–Kier alpha value is -2.40. The Morgan fingerprint density at radius 3 is 2.70 bits per heavy atom. The van der Waals surface area contributed by atoms with Gasteiger partial charge in [0.1, 0.15) is 17.1 Å². The number of rotatable bonds is 3. The van der Waals surface area contributed by atoms with Gasteiger partial charge in [-0.15, -0.1) is 0 Å². The standard InChI is InChI=1S/C15H13FN2O2/c16-10-3-6-14-13(8-10)18-15(20-14)12(17)7-9-1-4-11(19)5-2-9/h1-6,8,12,19H,7,17H2. The van der Waals surface area contributed by atoms with Crippen molar-refractivity contribution < 1.29 is 13.9 Å². The Balaban J connectivity index is 1.84. The number of phenols is 1. The summed E-state index contributed by atoms with van der Waals surface area (Å²) in [4.78, 5) is 4.21. The van der Waals surface area contributed by atoms with Gasteiger partial charge in [-0.2, -0.15) is 0 Å². The molecule has 1 atom stereocenters. The van der Waals surface area contributed by atoms with Gasteiger partial charge in [-0.1, -0.05) is 12.1 Å². The molecule has 4 nitrogen and oxygen atoms in total. The van der Waals surface area contributed by atoms with E-state index >= 15 is 0 Å². The van der Waals surface area contributed by atoms with Gasteiger partial charge in [0.25, 0.3) is 0 Å². The maximum absolute atomic E-state index is 13.1. The summed E-state index contributed by atoms with van der Waals surface area (Å²) < 4.78 is 18.6. The molecule has 0 fully saturated rings. The second-order valence-electron chi connectivity index (χ2n) is 4.64. The highest BCUT2D eigenvalue weighted by Gasteiger charge is 2.15. The zero-order valence-corrected chi connectivity index (χ0v) is 10.6. The van der Waals surface area contributed by atoms with E-state index in [0.29, 0.717) is 23.4 Å². The van der Waals surface area contributed by atoms with Crippen molar-refractivity contribution in [1.82, 2.24) is 4.98 Å². The minimum atomic E-state index is -0.421. The topological polar surface area (TPSA) is 72.3 Å². The third kappa shape index (κ3) is 2.48. The van der Waals surface area contributed by atoms with Crippen LogP contribution >= 0.6 is 0 Å². The van der Waals surface area contributed by atoms with Gasteiger partial charge in [0, 0.05) is 6.07 Å². The van der Waals surface area contributed by atoms with E-state index in [-0.39, 0.29) is 11.6 Å². The lowest BCUT2D eigenvalue weighted by Crippen LogP contribution is -2.13. The van der Waals surface area contributed by atoms with Crippen LogP contribution in [0.1, 0.15) is 17.5 Å². The fraction of sp³-hybridized carbons (Fsp3) is 0.133. The van der Waals surface area contributed by atoms with Crippen LogP contribution in [-0.2, 0) is 6.42 Å². The number of aromatic nitrogens is 1. The molecule has 0 spiro atoms. The zero-order chi connectivity index (χ0) is 14.1. The number of phenolic OH excluding ortho intramolecular Hbond substituents is 1. The minimum Gasteiger partial charge on any atom is -0.508 e. The van der Waals surface area contributed by atoms with Crippen LogP contribution < -0.4 is 5.73 Å². The lowest BCUT2D eigenvalue weighted by molar-refractivity contribution is 0.470. The molecule has 3 rings (SSSR count). The van der Waals surface area contributed by atoms with E-state index < -0.39 is 6.04 Å². The summed E-state index contributed by atoms with van der Waals surface area (Å²) in [6, 6.07) is 10.5. The van der Waals surface area contributed by atoms with Crippen LogP contribution in [0.25, 0.3) is 11.1 Å². The van der Waals surface area contributed by atoms with Crippen molar-refractivity contribution >= 4 is 11.1 Å². The lowest BCUT2D eigenvalue weighted by Gasteiger charge is -2.07. The van der Waals surface area contributed by atoms with E-state index in [0.717, 1.165) is 5.56 Å². The van der Waals surface area contributed by atoms with Gasteiger partial charge in [-0.05, 0) is 36.2 Å². The third-order valence-corrected chi connectivity index (χ3v) is 3.08. The molecule has 1 aromatic heterocycles. The van der Waals surface area contributed by atoms with Crippen molar-refractivity contribution in [3.63, 3.8) is 0 Å². The number of halogens is 1. The fourth-order valence-corrected chi connectivity index (χ4v) is 2.05. The molecule has 0 aliphatic rings. The smallest absolute Gasteiger partial charge is 0.212 e. The molecule has 3 N–H and O–H groups in total. The fourth-order valence-electron chi connectivity index (χ4n) is 2.05. The zero-order valence-electron chi connectivity index (χ0n) is 10.6. The Labute approximate surface area is 114 Å². The molecule has 2 aromatic carbocycles. The van der Waals surface area contributed by atoms with Crippen LogP contribution in [0.15, 0.2) is 46.9 Å². The molecule has 0 radical (unpaired) electrons. The van der Waals surface area contributed by atoms with Crippen molar-refractivity contribution in [1.29, 1.82) is 0 Å². The number of nitrogens with zero attached hydrogens (tertiary/aromatic N) is 1. The molecule has 0 saturated heterocycles. The molecule has 1 heterocycles. The number of hydrogen-bond donors (Lipinski definition) is 2. The van der Waals surface area contributed by atoms with Crippen LogP contribution in [-0.4, -0.2) is 10.1 Å². The van der Waals surface area contributed by atoms with E-state index in [4.69, 9.17) is 10.2 Å². The van der Waals surface area contributed by atoms with Gasteiger partial charge < -0.3 is 15.3 Å². The van der Waals surface area contributed by atoms with Crippen molar-refractivity contribution in [2.24, 2.45) is 5.73 Å². The first kappa shape index (κ1) is 12.6. The molecular weight excluding hydrogens is 259 g/mol. The van der Waals surface area contributed by atoms with Crippen molar-refractivity contribution in [3.8, 4) is 5.75 Å². The van der Waals surface area contributed by atoms with Crippen molar-refractivity contribution in [3.05, 3.63) is 59.7 Å². The molecule has 102 valence electrons. The van der Waals surface area contributed by atoms with Crippen LogP contribution in [0.3, 0.4) is 0 Å². The summed E-state index contributed by atoms with van der Waals surface area (Å²) in [6.45, 7) is 0. The molecule has 0 aliphatic heterocycles. The summed E-state index contributed by atoms with van der Waals surface area (Å²) in [5, 5.41) is 9.23. The average Bonchev–Trinajstić information content (AvgIpc) is 2.84. The molecule has 3 aromatic rings. The average molecular weight is 272 g/mol. The second-order valence-corrected chi connectivity index (χ2v) is 4.64. The molecular formula is C15H13FN2O2. The van der Waals surface area contributed by atoms with Crippen molar-refractivity contribution in [2.75, 3.05) is 0 Å². The predicted molar refractivity (Wildman–Crippen MR) is 72.7 cm³/mol. The summed E-state index contributed by atoms with van der Waals surface area (Å²) in [5.41, 5.74) is 7.99. The highest BCUT2D eigenvalue weighted by molar-refractivity contribution is 5.72. The minimum absolute atomic E-state index is 0.208. The number of hydrogen-bond acceptors (Lipinski definition) is 4. The number of benzene rings is 2. The van der Waals surface area contributed by atoms with E-state index in [1.807, 2.05) is 0 Å². The van der Waals surface area contributed by atoms with Crippen LogP contribution in [0.5, 0.6) is 5.75 Å². The summed E-state index contributed by atoms with van der Waals surface area (Å²) >= 11 is 0. The Morgan fingerprint density at radius 2 is 1.95 bits per heavy atom. The van der Waals surface area contributed by atoms with Crippen LogP contribution in [0, 0.1) is 5.82 Å². The van der Waals surface area contributed by atoms with E-state index in [9.17, 15) is 9.50 Å². The molecule has 0 amide bonds. The summed E-state index contributed by atoms with van der Waals surface area (Å²) in [5.74, 6) is 0.225. The SMILES string of the molecule is NC(Cc1ccc(O)cc1)c1nc2cc(F)ccc2o1. The van der Waals surface area contributed by atoms with Gasteiger partial charge in [0.2, 0.25) is 5.89 Å². The van der Waals surface area contributed by atoms with E-state index in [2.05, 4.69) is 4.98 Å². The first-order valence-electron chi connectivity index (χ1n) is 6.21. The monoisotopic (exact) mass is 272 g/mol. The van der Waals surface area contributed by atoms with Gasteiger partial charge in [-0.25, -0.2) is 9.37 Å². The van der Waals surface area contributed by atoms with E-state index in [1.165, 1.54) is 18.2 Å². The van der Waals surface area contributed by atoms with Crippen LogP contribution in [0.4, 0.5) is 4.39 Å². The number of fused-ring (bicyclic) bond motifs is 1. The number of oxazole rings is 1. The quantitative estimate of drug-likeness (QED) is 0.769. The summed E-state index contributed by atoms with van der Waals surface area (Å²) in [6.07, 6.45) is 0.523. The summed E-state index contributed by atoms with van der Waals surface area (Å²) in [7, 11) is 0. The number of nitrogens with two attached hydrogens (primary N) is 1. The number of aromatic hydroxyl groups is 1. The molecule has 0 aliphatic carbocycles. The van der Waals surface area contributed by atoms with Crippen molar-refractivity contribution in [2.45, 2.75) is 12.5 Å². The first-order chi connectivity index (χ1) is 9.61. The maximum atomic E-state index is 13.1. The Morgan fingerprint density at radius 1 is 1.20 bits per heavy atom. The highest BCUT2D eigenvalue weighted by atomic mass is 19.1. The normalized spacial score (nSPS) is 12.7. The van der Waals surface area contributed by atoms with Gasteiger partial charge in [0.15, 0.2) is 5.58 Å². The predicted octanol–water partition coefficient (Wildman–Crippen LogP) is 2.92. The largest absolute Gasteiger partial charge is 0.508 e. The highest BCUT2D eigenvalue weighted by Crippen LogP contribution is 2.22.